The molecule has 0 bridgehead atoms. The van der Waals surface area contributed by atoms with Gasteiger partial charge in [-0.1, -0.05) is 11.2 Å². The Hall–Kier alpha value is -2.57. The molecule has 1 atom stereocenters. The van der Waals surface area contributed by atoms with Gasteiger partial charge in [-0.25, -0.2) is 0 Å². The molecule has 1 saturated heterocycles. The second-order valence-electron chi connectivity index (χ2n) is 7.34. The van der Waals surface area contributed by atoms with Gasteiger partial charge in [-0.2, -0.15) is 4.98 Å². The van der Waals surface area contributed by atoms with Gasteiger partial charge in [0.2, 0.25) is 5.89 Å². The lowest BCUT2D eigenvalue weighted by Gasteiger charge is -2.32. The van der Waals surface area contributed by atoms with E-state index in [9.17, 15) is 4.79 Å². The average Bonchev–Trinajstić information content (AvgIpc) is 3.46. The van der Waals surface area contributed by atoms with E-state index in [0.717, 1.165) is 44.5 Å². The Balaban J connectivity index is 1.28. The van der Waals surface area contributed by atoms with Gasteiger partial charge in [-0.3, -0.25) is 4.79 Å². The van der Waals surface area contributed by atoms with Crippen molar-refractivity contribution in [3.8, 4) is 11.5 Å². The number of methoxy groups -OCH3 is 1. The highest BCUT2D eigenvalue weighted by Crippen LogP contribution is 2.38. The lowest BCUT2D eigenvalue weighted by molar-refractivity contribution is -0.135. The maximum absolute atomic E-state index is 12.5. The molecule has 2 heterocycles. The Morgan fingerprint density at radius 3 is 2.96 bits per heavy atom. The smallest absolute Gasteiger partial charge is 0.260 e. The Morgan fingerprint density at radius 2 is 2.15 bits per heavy atom. The van der Waals surface area contributed by atoms with Crippen LogP contribution in [-0.2, 0) is 11.2 Å². The molecule has 144 valence electrons. The molecule has 2 fully saturated rings. The van der Waals surface area contributed by atoms with Crippen molar-refractivity contribution >= 4 is 5.91 Å². The van der Waals surface area contributed by atoms with Crippen LogP contribution < -0.4 is 9.47 Å². The number of benzene rings is 1. The quantitative estimate of drug-likeness (QED) is 0.745. The molecule has 7 nitrogen and oxygen atoms in total. The summed E-state index contributed by atoms with van der Waals surface area (Å²) in [4.78, 5) is 18.9. The predicted molar refractivity (Wildman–Crippen MR) is 97.8 cm³/mol. The normalized spacial score (nSPS) is 19.7. The number of amides is 1. The molecule has 2 aliphatic rings. The lowest BCUT2D eigenvalue weighted by atomic mass is 9.95. The van der Waals surface area contributed by atoms with Crippen molar-refractivity contribution < 1.29 is 18.8 Å². The van der Waals surface area contributed by atoms with Gasteiger partial charge in [0.15, 0.2) is 12.4 Å². The number of ether oxygens (including phenoxy) is 2. The van der Waals surface area contributed by atoms with E-state index in [1.54, 1.807) is 13.2 Å². The summed E-state index contributed by atoms with van der Waals surface area (Å²) in [5, 5.41) is 4.08. The molecule has 1 amide bonds. The molecule has 1 aromatic heterocycles. The Kier molecular flexibility index (Phi) is 5.27. The van der Waals surface area contributed by atoms with E-state index in [0.29, 0.717) is 35.8 Å². The first-order valence-corrected chi connectivity index (χ1v) is 9.58. The zero-order valence-electron chi connectivity index (χ0n) is 15.6. The molecule has 7 heteroatoms. The van der Waals surface area contributed by atoms with Crippen LogP contribution in [-0.4, -0.2) is 47.8 Å². The minimum atomic E-state index is 0.00622. The molecule has 2 aromatic rings. The van der Waals surface area contributed by atoms with Crippen molar-refractivity contribution in [2.45, 2.75) is 38.0 Å². The fourth-order valence-corrected chi connectivity index (χ4v) is 3.49. The SMILES string of the molecule is COc1cccc(OCC(=O)N2CCCC(Cc3nc(C4CC4)no3)C2)c1. The Bertz CT molecular complexity index is 787. The van der Waals surface area contributed by atoms with Crippen LogP contribution in [0.15, 0.2) is 28.8 Å². The summed E-state index contributed by atoms with van der Waals surface area (Å²) < 4.78 is 16.2. The van der Waals surface area contributed by atoms with Crippen molar-refractivity contribution in [2.24, 2.45) is 5.92 Å². The lowest BCUT2D eigenvalue weighted by Crippen LogP contribution is -2.42. The minimum absolute atomic E-state index is 0.00622. The van der Waals surface area contributed by atoms with Crippen LogP contribution in [0.2, 0.25) is 0 Å². The summed E-state index contributed by atoms with van der Waals surface area (Å²) in [6.07, 6.45) is 5.12. The maximum Gasteiger partial charge on any atom is 0.260 e. The van der Waals surface area contributed by atoms with E-state index >= 15 is 0 Å². The van der Waals surface area contributed by atoms with Gasteiger partial charge >= 0.3 is 0 Å². The second-order valence-corrected chi connectivity index (χ2v) is 7.34. The summed E-state index contributed by atoms with van der Waals surface area (Å²) in [5.74, 6) is 3.75. The number of rotatable bonds is 7. The molecule has 4 rings (SSSR count). The van der Waals surface area contributed by atoms with Gasteiger partial charge in [0, 0.05) is 31.5 Å². The number of likely N-dealkylation sites (tertiary alicyclic amines) is 1. The highest BCUT2D eigenvalue weighted by molar-refractivity contribution is 5.77. The van der Waals surface area contributed by atoms with E-state index in [-0.39, 0.29) is 12.5 Å². The third kappa shape index (κ3) is 4.59. The van der Waals surface area contributed by atoms with Gasteiger partial charge in [0.25, 0.3) is 5.91 Å². The van der Waals surface area contributed by atoms with Gasteiger partial charge < -0.3 is 18.9 Å². The fourth-order valence-electron chi connectivity index (χ4n) is 3.49. The molecule has 0 spiro atoms. The van der Waals surface area contributed by atoms with Gasteiger partial charge in [-0.05, 0) is 43.7 Å². The van der Waals surface area contributed by atoms with Gasteiger partial charge in [0.1, 0.15) is 11.5 Å². The third-order valence-corrected chi connectivity index (χ3v) is 5.16. The second kappa shape index (κ2) is 7.98. The zero-order chi connectivity index (χ0) is 18.6. The number of carbonyl (C=O) groups is 1. The first-order chi connectivity index (χ1) is 13.2. The van der Waals surface area contributed by atoms with Crippen molar-refractivity contribution in [3.63, 3.8) is 0 Å². The monoisotopic (exact) mass is 371 g/mol. The van der Waals surface area contributed by atoms with Crippen LogP contribution in [0.4, 0.5) is 0 Å². The van der Waals surface area contributed by atoms with E-state index in [2.05, 4.69) is 10.1 Å². The molecule has 1 aliphatic heterocycles. The molecule has 1 unspecified atom stereocenters. The van der Waals surface area contributed by atoms with Crippen LogP contribution >= 0.6 is 0 Å². The molecule has 27 heavy (non-hydrogen) atoms. The molecule has 1 saturated carbocycles. The van der Waals surface area contributed by atoms with Gasteiger partial charge in [0.05, 0.1) is 7.11 Å². The highest BCUT2D eigenvalue weighted by atomic mass is 16.5. The van der Waals surface area contributed by atoms with Crippen molar-refractivity contribution in [2.75, 3.05) is 26.8 Å². The fraction of sp³-hybridized carbons (Fsp3) is 0.550. The molecular weight excluding hydrogens is 346 g/mol. The van der Waals surface area contributed by atoms with Crippen LogP contribution in [0.5, 0.6) is 11.5 Å². The molecule has 0 N–H and O–H groups in total. The first kappa shape index (κ1) is 17.8. The predicted octanol–water partition coefficient (Wildman–Crippen LogP) is 2.82. The van der Waals surface area contributed by atoms with E-state index in [4.69, 9.17) is 14.0 Å². The maximum atomic E-state index is 12.5. The number of aromatic nitrogens is 2. The number of hydrogen-bond donors (Lipinski definition) is 0. The summed E-state index contributed by atoms with van der Waals surface area (Å²) in [6.45, 7) is 1.52. The average molecular weight is 371 g/mol. The summed E-state index contributed by atoms with van der Waals surface area (Å²) in [6, 6.07) is 7.28. The minimum Gasteiger partial charge on any atom is -0.497 e. The van der Waals surface area contributed by atoms with E-state index in [1.807, 2.05) is 23.1 Å². The molecular formula is C20H25N3O4. The van der Waals surface area contributed by atoms with Crippen molar-refractivity contribution in [3.05, 3.63) is 36.0 Å². The van der Waals surface area contributed by atoms with E-state index in [1.165, 1.54) is 0 Å². The number of hydrogen-bond acceptors (Lipinski definition) is 6. The Labute approximate surface area is 158 Å². The number of nitrogens with zero attached hydrogens (tertiary/aromatic N) is 3. The highest BCUT2D eigenvalue weighted by Gasteiger charge is 2.30. The largest absolute Gasteiger partial charge is 0.497 e. The van der Waals surface area contributed by atoms with Crippen molar-refractivity contribution in [1.82, 2.24) is 15.0 Å². The molecule has 1 aromatic carbocycles. The summed E-state index contributed by atoms with van der Waals surface area (Å²) in [7, 11) is 1.61. The molecule has 0 radical (unpaired) electrons. The summed E-state index contributed by atoms with van der Waals surface area (Å²) >= 11 is 0. The topological polar surface area (TPSA) is 77.7 Å². The summed E-state index contributed by atoms with van der Waals surface area (Å²) in [5.41, 5.74) is 0. The number of carbonyl (C=O) groups excluding carboxylic acids is 1. The van der Waals surface area contributed by atoms with Crippen LogP contribution in [0.3, 0.4) is 0 Å². The van der Waals surface area contributed by atoms with Crippen LogP contribution in [0.25, 0.3) is 0 Å². The van der Waals surface area contributed by atoms with Crippen LogP contribution in [0, 0.1) is 5.92 Å². The Morgan fingerprint density at radius 1 is 1.30 bits per heavy atom. The van der Waals surface area contributed by atoms with Crippen molar-refractivity contribution in [1.29, 1.82) is 0 Å². The zero-order valence-corrected chi connectivity index (χ0v) is 15.6. The molecule has 1 aliphatic carbocycles. The third-order valence-electron chi connectivity index (χ3n) is 5.16. The van der Waals surface area contributed by atoms with E-state index < -0.39 is 0 Å². The van der Waals surface area contributed by atoms with Gasteiger partial charge in [-0.15, -0.1) is 0 Å². The van der Waals surface area contributed by atoms with Crippen LogP contribution in [0.1, 0.15) is 43.3 Å². The first-order valence-electron chi connectivity index (χ1n) is 9.58. The number of piperidine rings is 1. The standard InChI is InChI=1S/C20H25N3O4/c1-25-16-5-2-6-17(11-16)26-13-19(24)23-9-3-4-14(12-23)10-18-21-20(22-27-18)15-7-8-15/h2,5-6,11,14-15H,3-4,7-10,12-13H2,1H3.